The summed E-state index contributed by atoms with van der Waals surface area (Å²) in [7, 11) is 0. The standard InChI is InChI=1S/C16H14O2S.C2H6/c1-3-18-14-10(2)16(17)19-15-12-7-5-4-6-11(12)8-9-13(14)15;1-2/h4-9H,3H2,1-2H3;1-2H3. The summed E-state index contributed by atoms with van der Waals surface area (Å²) in [4.78, 5) is 12.1. The van der Waals surface area contributed by atoms with Gasteiger partial charge in [-0.05, 0) is 30.7 Å². The van der Waals surface area contributed by atoms with Gasteiger partial charge in [-0.15, -0.1) is 0 Å². The molecule has 0 atom stereocenters. The zero-order valence-corrected chi connectivity index (χ0v) is 13.7. The summed E-state index contributed by atoms with van der Waals surface area (Å²) >= 11 is 1.30. The highest BCUT2D eigenvalue weighted by atomic mass is 32.1. The summed E-state index contributed by atoms with van der Waals surface area (Å²) in [6.07, 6.45) is 0. The molecule has 3 heteroatoms. The highest BCUT2D eigenvalue weighted by molar-refractivity contribution is 7.17. The Labute approximate surface area is 129 Å². The topological polar surface area (TPSA) is 26.3 Å². The summed E-state index contributed by atoms with van der Waals surface area (Å²) in [5.74, 6) is 0.729. The second kappa shape index (κ2) is 6.72. The smallest absolute Gasteiger partial charge is 0.239 e. The number of hydrogen-bond donors (Lipinski definition) is 0. The van der Waals surface area contributed by atoms with Crippen LogP contribution >= 0.6 is 11.3 Å². The van der Waals surface area contributed by atoms with Gasteiger partial charge in [0, 0.05) is 15.6 Å². The quantitative estimate of drug-likeness (QED) is 0.612. The minimum atomic E-state index is 0.0762. The van der Waals surface area contributed by atoms with Crippen molar-refractivity contribution in [1.82, 2.24) is 0 Å². The van der Waals surface area contributed by atoms with Crippen molar-refractivity contribution in [3.05, 3.63) is 51.5 Å². The molecule has 2 nitrogen and oxygen atoms in total. The molecule has 3 aromatic rings. The molecule has 0 aliphatic rings. The van der Waals surface area contributed by atoms with E-state index < -0.39 is 0 Å². The second-order valence-corrected chi connectivity index (χ2v) is 5.42. The molecular weight excluding hydrogens is 280 g/mol. The highest BCUT2D eigenvalue weighted by Crippen LogP contribution is 2.34. The van der Waals surface area contributed by atoms with Gasteiger partial charge < -0.3 is 4.74 Å². The van der Waals surface area contributed by atoms with Crippen molar-refractivity contribution in [1.29, 1.82) is 0 Å². The van der Waals surface area contributed by atoms with Crippen molar-refractivity contribution in [3.63, 3.8) is 0 Å². The van der Waals surface area contributed by atoms with Gasteiger partial charge in [-0.1, -0.05) is 55.5 Å². The van der Waals surface area contributed by atoms with Crippen LogP contribution in [0.4, 0.5) is 0 Å². The third kappa shape index (κ3) is 2.79. The number of hydrogen-bond acceptors (Lipinski definition) is 3. The molecule has 3 rings (SSSR count). The lowest BCUT2D eigenvalue weighted by atomic mass is 10.1. The molecule has 0 unspecified atom stereocenters. The van der Waals surface area contributed by atoms with Crippen molar-refractivity contribution in [2.45, 2.75) is 27.7 Å². The van der Waals surface area contributed by atoms with Crippen molar-refractivity contribution >= 4 is 32.2 Å². The van der Waals surface area contributed by atoms with E-state index in [2.05, 4.69) is 18.2 Å². The van der Waals surface area contributed by atoms with Crippen LogP contribution in [0.3, 0.4) is 0 Å². The third-order valence-electron chi connectivity index (χ3n) is 3.25. The second-order valence-electron chi connectivity index (χ2n) is 4.44. The molecule has 21 heavy (non-hydrogen) atoms. The van der Waals surface area contributed by atoms with Gasteiger partial charge in [-0.25, -0.2) is 0 Å². The van der Waals surface area contributed by atoms with Gasteiger partial charge in [0.2, 0.25) is 4.74 Å². The molecule has 0 N–H and O–H groups in total. The molecule has 0 amide bonds. The van der Waals surface area contributed by atoms with Crippen LogP contribution < -0.4 is 9.48 Å². The summed E-state index contributed by atoms with van der Waals surface area (Å²) in [6.45, 7) is 8.34. The normalized spacial score (nSPS) is 10.3. The van der Waals surface area contributed by atoms with Crippen LogP contribution in [-0.2, 0) is 0 Å². The first-order valence-electron chi connectivity index (χ1n) is 7.30. The minimum Gasteiger partial charge on any atom is -0.493 e. The molecule has 1 aromatic heterocycles. The number of benzene rings is 2. The Morgan fingerprint density at radius 3 is 2.48 bits per heavy atom. The number of fused-ring (bicyclic) bond motifs is 3. The van der Waals surface area contributed by atoms with Crippen LogP contribution in [0.15, 0.2) is 41.2 Å². The average molecular weight is 300 g/mol. The zero-order chi connectivity index (χ0) is 15.4. The van der Waals surface area contributed by atoms with Crippen molar-refractivity contribution in [2.24, 2.45) is 0 Å². The Morgan fingerprint density at radius 1 is 1.05 bits per heavy atom. The van der Waals surface area contributed by atoms with E-state index in [1.807, 2.05) is 45.9 Å². The largest absolute Gasteiger partial charge is 0.493 e. The fraction of sp³-hybridized carbons (Fsp3) is 0.278. The third-order valence-corrected chi connectivity index (χ3v) is 4.39. The van der Waals surface area contributed by atoms with Crippen LogP contribution in [0.25, 0.3) is 20.9 Å². The first kappa shape index (κ1) is 15.5. The minimum absolute atomic E-state index is 0.0762. The Hall–Kier alpha value is -1.87. The van der Waals surface area contributed by atoms with E-state index in [0.717, 1.165) is 26.6 Å². The Kier molecular flexibility index (Phi) is 4.97. The molecule has 1 heterocycles. The van der Waals surface area contributed by atoms with Crippen LogP contribution in [0.2, 0.25) is 0 Å². The maximum absolute atomic E-state index is 12.1. The van der Waals surface area contributed by atoms with Gasteiger partial charge in [0.05, 0.1) is 6.61 Å². The molecule has 0 fully saturated rings. The van der Waals surface area contributed by atoms with Crippen LogP contribution in [0.1, 0.15) is 26.3 Å². The van der Waals surface area contributed by atoms with Crippen LogP contribution in [-0.4, -0.2) is 6.61 Å². The lowest BCUT2D eigenvalue weighted by Crippen LogP contribution is -2.04. The molecule has 0 radical (unpaired) electrons. The molecule has 0 aliphatic heterocycles. The van der Waals surface area contributed by atoms with Crippen LogP contribution in [0.5, 0.6) is 5.75 Å². The van der Waals surface area contributed by atoms with E-state index in [1.165, 1.54) is 11.3 Å². The fourth-order valence-corrected chi connectivity index (χ4v) is 3.32. The Balaban J connectivity index is 0.000000774. The molecule has 2 aromatic carbocycles. The van der Waals surface area contributed by atoms with E-state index in [-0.39, 0.29) is 4.74 Å². The maximum atomic E-state index is 12.1. The molecule has 110 valence electrons. The summed E-state index contributed by atoms with van der Waals surface area (Å²) in [6, 6.07) is 12.3. The lowest BCUT2D eigenvalue weighted by molar-refractivity contribution is 0.342. The fourth-order valence-electron chi connectivity index (χ4n) is 2.33. The Morgan fingerprint density at radius 2 is 1.76 bits per heavy atom. The monoisotopic (exact) mass is 300 g/mol. The molecular formula is C18H20O2S. The van der Waals surface area contributed by atoms with Gasteiger partial charge >= 0.3 is 0 Å². The van der Waals surface area contributed by atoms with E-state index >= 15 is 0 Å². The predicted molar refractivity (Wildman–Crippen MR) is 92.9 cm³/mol. The van der Waals surface area contributed by atoms with E-state index in [1.54, 1.807) is 0 Å². The molecule has 0 aliphatic carbocycles. The van der Waals surface area contributed by atoms with E-state index in [4.69, 9.17) is 4.74 Å². The Bertz CT molecular complexity index is 818. The predicted octanol–water partition coefficient (Wildman–Crippen LogP) is 5.15. The van der Waals surface area contributed by atoms with Gasteiger partial charge in [0.1, 0.15) is 5.75 Å². The lowest BCUT2D eigenvalue weighted by Gasteiger charge is -2.11. The SMILES string of the molecule is CC.CCOc1c(C)c(=O)sc2c1ccc1ccccc12. The first-order valence-corrected chi connectivity index (χ1v) is 8.12. The van der Waals surface area contributed by atoms with Crippen molar-refractivity contribution in [2.75, 3.05) is 6.61 Å². The number of ether oxygens (including phenoxy) is 1. The molecule has 0 bridgehead atoms. The van der Waals surface area contributed by atoms with Crippen LogP contribution in [0, 0.1) is 6.92 Å². The summed E-state index contributed by atoms with van der Waals surface area (Å²) in [5.41, 5.74) is 0.703. The highest BCUT2D eigenvalue weighted by Gasteiger charge is 2.12. The van der Waals surface area contributed by atoms with Gasteiger partial charge in [-0.2, -0.15) is 0 Å². The van der Waals surface area contributed by atoms with Crippen molar-refractivity contribution < 1.29 is 4.74 Å². The average Bonchev–Trinajstić information content (AvgIpc) is 2.53. The number of rotatable bonds is 2. The maximum Gasteiger partial charge on any atom is 0.239 e. The summed E-state index contributed by atoms with van der Waals surface area (Å²) < 4.78 is 6.77. The van der Waals surface area contributed by atoms with E-state index in [9.17, 15) is 4.79 Å². The molecule has 0 saturated heterocycles. The first-order chi connectivity index (χ1) is 10.2. The van der Waals surface area contributed by atoms with Crippen molar-refractivity contribution in [3.8, 4) is 5.75 Å². The van der Waals surface area contributed by atoms with E-state index in [0.29, 0.717) is 12.2 Å². The van der Waals surface area contributed by atoms with Gasteiger partial charge in [-0.3, -0.25) is 4.79 Å². The molecule has 0 spiro atoms. The zero-order valence-electron chi connectivity index (χ0n) is 12.9. The van der Waals surface area contributed by atoms with Gasteiger partial charge in [0.25, 0.3) is 0 Å². The molecule has 0 saturated carbocycles. The summed E-state index contributed by atoms with van der Waals surface area (Å²) in [5, 5.41) is 3.29. The van der Waals surface area contributed by atoms with Gasteiger partial charge in [0.15, 0.2) is 0 Å².